The van der Waals surface area contributed by atoms with E-state index >= 15 is 0 Å². The van der Waals surface area contributed by atoms with Crippen LogP contribution in [0.5, 0.6) is 0 Å². The van der Waals surface area contributed by atoms with Gasteiger partial charge in [-0.05, 0) is 11.8 Å². The van der Waals surface area contributed by atoms with Crippen molar-refractivity contribution in [3.8, 4) is 0 Å². The van der Waals surface area contributed by atoms with Crippen LogP contribution >= 0.6 is 0 Å². The Morgan fingerprint density at radius 3 is 2.62 bits per heavy atom. The van der Waals surface area contributed by atoms with E-state index in [1.54, 1.807) is 12.4 Å². The Bertz CT molecular complexity index is 343. The second-order valence-corrected chi connectivity index (χ2v) is 4.26. The van der Waals surface area contributed by atoms with Crippen LogP contribution in [-0.4, -0.2) is 21.3 Å². The van der Waals surface area contributed by atoms with Gasteiger partial charge in [0.25, 0.3) is 0 Å². The molecule has 0 bridgehead atoms. The van der Waals surface area contributed by atoms with Gasteiger partial charge in [0, 0.05) is 11.8 Å². The number of rotatable bonds is 2. The van der Waals surface area contributed by atoms with Crippen molar-refractivity contribution in [2.75, 3.05) is 0 Å². The molecule has 1 fully saturated rings. The average molecular weight is 180 g/mol. The predicted octanol–water partition coefficient (Wildman–Crippen LogP) is 1.16. The lowest BCUT2D eigenvalue weighted by molar-refractivity contribution is -0.141. The quantitative estimate of drug-likeness (QED) is 0.717. The van der Waals surface area contributed by atoms with Crippen molar-refractivity contribution in [1.29, 1.82) is 0 Å². The molecule has 0 aliphatic heterocycles. The van der Waals surface area contributed by atoms with Gasteiger partial charge in [0.05, 0.1) is 6.20 Å². The molecule has 1 heterocycles. The van der Waals surface area contributed by atoms with Crippen LogP contribution in [0.2, 0.25) is 0 Å². The lowest BCUT2D eigenvalue weighted by atomic mass is 9.90. The van der Waals surface area contributed by atoms with E-state index in [-0.39, 0.29) is 5.41 Å². The van der Waals surface area contributed by atoms with Gasteiger partial charge in [-0.3, -0.25) is 9.89 Å². The predicted molar refractivity (Wildman–Crippen MR) is 46.3 cm³/mol. The topological polar surface area (TPSA) is 66.0 Å². The van der Waals surface area contributed by atoms with E-state index in [0.717, 1.165) is 5.56 Å². The van der Waals surface area contributed by atoms with E-state index in [0.29, 0.717) is 6.42 Å². The second kappa shape index (κ2) is 2.13. The Kier molecular flexibility index (Phi) is 1.36. The van der Waals surface area contributed by atoms with Gasteiger partial charge in [0.1, 0.15) is 5.41 Å². The molecule has 1 aromatic heterocycles. The molecule has 0 aromatic carbocycles. The molecule has 0 spiro atoms. The number of carbonyl (C=O) groups is 1. The van der Waals surface area contributed by atoms with Gasteiger partial charge in [0.15, 0.2) is 0 Å². The van der Waals surface area contributed by atoms with E-state index in [4.69, 9.17) is 5.11 Å². The second-order valence-electron chi connectivity index (χ2n) is 4.26. The van der Waals surface area contributed by atoms with Gasteiger partial charge in [-0.1, -0.05) is 13.8 Å². The van der Waals surface area contributed by atoms with Gasteiger partial charge >= 0.3 is 5.97 Å². The van der Waals surface area contributed by atoms with Crippen LogP contribution in [0.1, 0.15) is 25.8 Å². The van der Waals surface area contributed by atoms with E-state index in [9.17, 15) is 4.79 Å². The molecule has 1 aromatic rings. The third-order valence-electron chi connectivity index (χ3n) is 3.09. The van der Waals surface area contributed by atoms with Crippen LogP contribution in [0.25, 0.3) is 0 Å². The van der Waals surface area contributed by atoms with E-state index in [1.807, 2.05) is 13.8 Å². The number of hydrogen-bond acceptors (Lipinski definition) is 2. The third kappa shape index (κ3) is 0.855. The Balaban J connectivity index is 2.45. The summed E-state index contributed by atoms with van der Waals surface area (Å²) in [4.78, 5) is 11.2. The molecule has 0 radical (unpaired) electrons. The molecule has 1 aliphatic carbocycles. The average Bonchev–Trinajstić information content (AvgIpc) is 2.52. The first-order valence-electron chi connectivity index (χ1n) is 4.23. The fourth-order valence-electron chi connectivity index (χ4n) is 2.08. The highest BCUT2D eigenvalue weighted by Gasteiger charge is 2.68. The minimum Gasteiger partial charge on any atom is -0.481 e. The monoisotopic (exact) mass is 180 g/mol. The maximum absolute atomic E-state index is 11.2. The van der Waals surface area contributed by atoms with Gasteiger partial charge in [-0.25, -0.2) is 0 Å². The summed E-state index contributed by atoms with van der Waals surface area (Å²) in [7, 11) is 0. The number of aromatic nitrogens is 2. The number of aliphatic carboxylic acids is 1. The van der Waals surface area contributed by atoms with E-state index < -0.39 is 11.4 Å². The zero-order chi connectivity index (χ0) is 9.69. The van der Waals surface area contributed by atoms with Crippen LogP contribution < -0.4 is 0 Å². The highest BCUT2D eigenvalue weighted by atomic mass is 16.4. The fraction of sp³-hybridized carbons (Fsp3) is 0.556. The Labute approximate surface area is 76.0 Å². The first-order valence-corrected chi connectivity index (χ1v) is 4.23. The van der Waals surface area contributed by atoms with Crippen LogP contribution in [0.3, 0.4) is 0 Å². The van der Waals surface area contributed by atoms with Crippen molar-refractivity contribution in [2.24, 2.45) is 5.41 Å². The van der Waals surface area contributed by atoms with Gasteiger partial charge in [0.2, 0.25) is 0 Å². The smallest absolute Gasteiger partial charge is 0.314 e. The van der Waals surface area contributed by atoms with E-state index in [1.165, 1.54) is 0 Å². The molecule has 4 heteroatoms. The van der Waals surface area contributed by atoms with Crippen LogP contribution in [-0.2, 0) is 10.2 Å². The minimum absolute atomic E-state index is 0.150. The Hall–Kier alpha value is -1.32. The Morgan fingerprint density at radius 1 is 1.69 bits per heavy atom. The molecule has 1 saturated carbocycles. The number of H-pyrrole nitrogens is 1. The number of aromatic amines is 1. The zero-order valence-corrected chi connectivity index (χ0v) is 7.66. The van der Waals surface area contributed by atoms with Crippen molar-refractivity contribution in [3.63, 3.8) is 0 Å². The molecule has 2 N–H and O–H groups in total. The molecular formula is C9H12N2O2. The first kappa shape index (κ1) is 8.29. The molecule has 13 heavy (non-hydrogen) atoms. The molecule has 0 amide bonds. The number of carboxylic acid groups (broad SMARTS) is 1. The van der Waals surface area contributed by atoms with Gasteiger partial charge in [-0.2, -0.15) is 5.10 Å². The van der Waals surface area contributed by atoms with Gasteiger partial charge < -0.3 is 5.11 Å². The standard InChI is InChI=1S/C9H12N2O2/c1-8(2)5-9(8,7(12)13)6-3-10-11-4-6/h3-4H,5H2,1-2H3,(H,10,11)(H,12,13). The highest BCUT2D eigenvalue weighted by molar-refractivity contribution is 5.86. The zero-order valence-electron chi connectivity index (χ0n) is 7.66. The summed E-state index contributed by atoms with van der Waals surface area (Å²) >= 11 is 0. The lowest BCUT2D eigenvalue weighted by Crippen LogP contribution is -2.24. The number of nitrogens with zero attached hydrogens (tertiary/aromatic N) is 1. The SMILES string of the molecule is CC1(C)CC1(C(=O)O)c1cn[nH]c1. The lowest BCUT2D eigenvalue weighted by Gasteiger charge is -2.12. The molecule has 4 nitrogen and oxygen atoms in total. The summed E-state index contributed by atoms with van der Waals surface area (Å²) in [5.41, 5.74) is -0.0760. The summed E-state index contributed by atoms with van der Waals surface area (Å²) < 4.78 is 0. The van der Waals surface area contributed by atoms with Crippen molar-refractivity contribution >= 4 is 5.97 Å². The summed E-state index contributed by atoms with van der Waals surface area (Å²) in [6.07, 6.45) is 3.96. The highest BCUT2D eigenvalue weighted by Crippen LogP contribution is 2.64. The largest absolute Gasteiger partial charge is 0.481 e. The van der Waals surface area contributed by atoms with Crippen molar-refractivity contribution in [2.45, 2.75) is 25.7 Å². The molecule has 1 aliphatic rings. The van der Waals surface area contributed by atoms with Crippen molar-refractivity contribution < 1.29 is 9.90 Å². The number of carboxylic acids is 1. The van der Waals surface area contributed by atoms with Crippen LogP contribution in [0.15, 0.2) is 12.4 Å². The number of nitrogens with one attached hydrogen (secondary N) is 1. The minimum atomic E-state index is -0.751. The summed E-state index contributed by atoms with van der Waals surface area (Å²) in [6, 6.07) is 0. The number of hydrogen-bond donors (Lipinski definition) is 2. The maximum atomic E-state index is 11.2. The first-order chi connectivity index (χ1) is 6.01. The normalized spacial score (nSPS) is 30.0. The molecule has 2 rings (SSSR count). The maximum Gasteiger partial charge on any atom is 0.314 e. The molecule has 0 saturated heterocycles. The van der Waals surface area contributed by atoms with Crippen LogP contribution in [0, 0.1) is 5.41 Å². The summed E-state index contributed by atoms with van der Waals surface area (Å²) in [6.45, 7) is 3.93. The fourth-order valence-corrected chi connectivity index (χ4v) is 2.08. The molecule has 70 valence electrons. The summed E-state index contributed by atoms with van der Waals surface area (Å²) in [5, 5.41) is 15.6. The summed E-state index contributed by atoms with van der Waals surface area (Å²) in [5.74, 6) is -0.751. The molecule has 1 atom stereocenters. The van der Waals surface area contributed by atoms with Crippen LogP contribution in [0.4, 0.5) is 0 Å². The molecule has 1 unspecified atom stereocenters. The Morgan fingerprint density at radius 2 is 2.31 bits per heavy atom. The van der Waals surface area contributed by atoms with E-state index in [2.05, 4.69) is 10.2 Å². The van der Waals surface area contributed by atoms with Crippen molar-refractivity contribution in [3.05, 3.63) is 18.0 Å². The molecular weight excluding hydrogens is 168 g/mol. The van der Waals surface area contributed by atoms with Crippen molar-refractivity contribution in [1.82, 2.24) is 10.2 Å². The van der Waals surface area contributed by atoms with Gasteiger partial charge in [-0.15, -0.1) is 0 Å². The third-order valence-corrected chi connectivity index (χ3v) is 3.09.